The lowest BCUT2D eigenvalue weighted by atomic mass is 10.2. The fourth-order valence-corrected chi connectivity index (χ4v) is 1.97. The van der Waals surface area contributed by atoms with Gasteiger partial charge < -0.3 is 15.2 Å². The Labute approximate surface area is 120 Å². The first-order valence-corrected chi connectivity index (χ1v) is 5.76. The van der Waals surface area contributed by atoms with Crippen molar-refractivity contribution in [3.8, 4) is 0 Å². The molecule has 7 heteroatoms. The van der Waals surface area contributed by atoms with Crippen LogP contribution in [0.5, 0.6) is 0 Å². The van der Waals surface area contributed by atoms with E-state index in [1.807, 2.05) is 17.7 Å². The molecular formula is C11H20Cl2N4O. The molecule has 1 aliphatic rings. The van der Waals surface area contributed by atoms with Gasteiger partial charge in [-0.15, -0.1) is 24.8 Å². The monoisotopic (exact) mass is 294 g/mol. The van der Waals surface area contributed by atoms with E-state index in [1.165, 1.54) is 0 Å². The second-order valence-corrected chi connectivity index (χ2v) is 4.11. The third-order valence-electron chi connectivity index (χ3n) is 2.95. The maximum Gasteiger partial charge on any atom is 0.237 e. The summed E-state index contributed by atoms with van der Waals surface area (Å²) in [4.78, 5) is 15.8. The molecule has 1 amide bonds. The molecule has 2 heterocycles. The Morgan fingerprint density at radius 2 is 2.39 bits per heavy atom. The van der Waals surface area contributed by atoms with Crippen LogP contribution in [-0.4, -0.2) is 34.6 Å². The van der Waals surface area contributed by atoms with Crippen LogP contribution in [0.25, 0.3) is 0 Å². The van der Waals surface area contributed by atoms with Crippen LogP contribution in [0.2, 0.25) is 0 Å². The van der Waals surface area contributed by atoms with Crippen molar-refractivity contribution < 1.29 is 4.79 Å². The van der Waals surface area contributed by atoms with Gasteiger partial charge in [0.2, 0.25) is 5.91 Å². The number of aromatic nitrogens is 2. The molecule has 5 nitrogen and oxygen atoms in total. The van der Waals surface area contributed by atoms with Crippen molar-refractivity contribution in [2.75, 3.05) is 13.1 Å². The first-order valence-electron chi connectivity index (χ1n) is 5.76. The molecule has 1 saturated heterocycles. The topological polar surface area (TPSA) is 59.0 Å². The molecule has 0 aliphatic carbocycles. The van der Waals surface area contributed by atoms with E-state index in [9.17, 15) is 4.79 Å². The third-order valence-corrected chi connectivity index (χ3v) is 2.95. The van der Waals surface area contributed by atoms with E-state index >= 15 is 0 Å². The minimum atomic E-state index is 0. The molecule has 0 spiro atoms. The lowest BCUT2D eigenvalue weighted by Gasteiger charge is -2.11. The summed E-state index contributed by atoms with van der Waals surface area (Å²) in [5.41, 5.74) is 0. The predicted octanol–water partition coefficient (Wildman–Crippen LogP) is 0.903. The summed E-state index contributed by atoms with van der Waals surface area (Å²) in [7, 11) is 0. The average molecular weight is 295 g/mol. The zero-order valence-electron chi connectivity index (χ0n) is 10.4. The molecule has 0 unspecified atom stereocenters. The normalized spacial score (nSPS) is 17.7. The largest absolute Gasteiger partial charge is 0.353 e. The first kappa shape index (κ1) is 17.2. The van der Waals surface area contributed by atoms with Gasteiger partial charge in [0.1, 0.15) is 5.82 Å². The van der Waals surface area contributed by atoms with Crippen LogP contribution < -0.4 is 10.6 Å². The summed E-state index contributed by atoms with van der Waals surface area (Å²) in [6, 6.07) is 0.0175. The summed E-state index contributed by atoms with van der Waals surface area (Å²) >= 11 is 0. The van der Waals surface area contributed by atoms with Crippen molar-refractivity contribution in [1.82, 2.24) is 20.2 Å². The molecule has 0 radical (unpaired) electrons. The highest BCUT2D eigenvalue weighted by molar-refractivity contribution is 5.85. The number of nitrogens with zero attached hydrogens (tertiary/aromatic N) is 2. The van der Waals surface area contributed by atoms with Gasteiger partial charge in [-0.1, -0.05) is 0 Å². The Hall–Kier alpha value is -0.780. The van der Waals surface area contributed by atoms with E-state index in [-0.39, 0.29) is 36.8 Å². The number of hydrogen-bond donors (Lipinski definition) is 2. The van der Waals surface area contributed by atoms with Gasteiger partial charge in [0, 0.05) is 25.5 Å². The van der Waals surface area contributed by atoms with Crippen molar-refractivity contribution in [3.63, 3.8) is 0 Å². The van der Waals surface area contributed by atoms with E-state index in [0.29, 0.717) is 6.54 Å². The van der Waals surface area contributed by atoms with Crippen molar-refractivity contribution in [1.29, 1.82) is 0 Å². The maximum atomic E-state index is 11.7. The predicted molar refractivity (Wildman–Crippen MR) is 75.5 cm³/mol. The maximum absolute atomic E-state index is 11.7. The molecule has 2 rings (SSSR count). The quantitative estimate of drug-likeness (QED) is 0.868. The van der Waals surface area contributed by atoms with E-state index in [2.05, 4.69) is 15.6 Å². The number of rotatable bonds is 4. The van der Waals surface area contributed by atoms with Gasteiger partial charge in [0.05, 0.1) is 6.04 Å². The Morgan fingerprint density at radius 3 is 2.94 bits per heavy atom. The number of nitrogens with one attached hydrogen (secondary N) is 2. The number of imidazole rings is 1. The second-order valence-electron chi connectivity index (χ2n) is 4.11. The van der Waals surface area contributed by atoms with Gasteiger partial charge in [-0.3, -0.25) is 4.79 Å². The minimum absolute atomic E-state index is 0. The number of halogens is 2. The van der Waals surface area contributed by atoms with Crippen LogP contribution in [0, 0.1) is 6.92 Å². The highest BCUT2D eigenvalue weighted by atomic mass is 35.5. The number of amides is 1. The molecule has 0 bridgehead atoms. The highest BCUT2D eigenvalue weighted by Gasteiger charge is 2.21. The Bertz CT molecular complexity index is 364. The molecular weight excluding hydrogens is 275 g/mol. The zero-order valence-corrected chi connectivity index (χ0v) is 12.0. The minimum Gasteiger partial charge on any atom is -0.353 e. The fraction of sp³-hybridized carbons (Fsp3) is 0.636. The van der Waals surface area contributed by atoms with E-state index in [1.54, 1.807) is 6.20 Å². The first-order chi connectivity index (χ1) is 7.77. The van der Waals surface area contributed by atoms with E-state index in [4.69, 9.17) is 0 Å². The standard InChI is InChI=1S/C11H18N4O.2ClH/c1-9-12-5-7-15(9)8-6-14-11(16)10-3-2-4-13-10;;/h5,7,10,13H,2-4,6,8H2,1H3,(H,14,16);2*1H/t10-;;/m0../s1. The number of carbonyl (C=O) groups excluding carboxylic acids is 1. The SMILES string of the molecule is Cc1nccn1CCNC(=O)[C@@H]1CCCN1.Cl.Cl. The summed E-state index contributed by atoms with van der Waals surface area (Å²) < 4.78 is 2.03. The Morgan fingerprint density at radius 1 is 1.61 bits per heavy atom. The van der Waals surface area contributed by atoms with Crippen LogP contribution in [0.4, 0.5) is 0 Å². The molecule has 1 aliphatic heterocycles. The molecule has 18 heavy (non-hydrogen) atoms. The number of carbonyl (C=O) groups is 1. The van der Waals surface area contributed by atoms with Gasteiger partial charge in [0.25, 0.3) is 0 Å². The van der Waals surface area contributed by atoms with Gasteiger partial charge in [0.15, 0.2) is 0 Å². The van der Waals surface area contributed by atoms with Crippen molar-refractivity contribution in [2.24, 2.45) is 0 Å². The molecule has 2 N–H and O–H groups in total. The van der Waals surface area contributed by atoms with Crippen molar-refractivity contribution >= 4 is 30.7 Å². The molecule has 1 aromatic heterocycles. The lowest BCUT2D eigenvalue weighted by Crippen LogP contribution is -2.41. The summed E-state index contributed by atoms with van der Waals surface area (Å²) in [5.74, 6) is 1.10. The third kappa shape index (κ3) is 4.48. The molecule has 0 saturated carbocycles. The van der Waals surface area contributed by atoms with Crippen LogP contribution >= 0.6 is 24.8 Å². The Kier molecular flexibility index (Phi) is 7.98. The molecule has 1 atom stereocenters. The summed E-state index contributed by atoms with van der Waals surface area (Å²) in [6.45, 7) is 4.36. The highest BCUT2D eigenvalue weighted by Crippen LogP contribution is 2.04. The number of aryl methyl sites for hydroxylation is 1. The van der Waals surface area contributed by atoms with Gasteiger partial charge in [-0.05, 0) is 26.3 Å². The van der Waals surface area contributed by atoms with Crippen LogP contribution in [0.15, 0.2) is 12.4 Å². The number of hydrogen-bond acceptors (Lipinski definition) is 3. The van der Waals surface area contributed by atoms with Crippen LogP contribution in [-0.2, 0) is 11.3 Å². The lowest BCUT2D eigenvalue weighted by molar-refractivity contribution is -0.122. The Balaban J connectivity index is 0.00000144. The van der Waals surface area contributed by atoms with Crippen molar-refractivity contribution in [3.05, 3.63) is 18.2 Å². The summed E-state index contributed by atoms with van der Waals surface area (Å²) in [6.07, 6.45) is 5.75. The molecule has 0 aromatic carbocycles. The van der Waals surface area contributed by atoms with Crippen molar-refractivity contribution in [2.45, 2.75) is 32.4 Å². The van der Waals surface area contributed by atoms with Gasteiger partial charge in [-0.25, -0.2) is 4.98 Å². The average Bonchev–Trinajstić information content (AvgIpc) is 2.90. The smallest absolute Gasteiger partial charge is 0.237 e. The molecule has 1 aromatic rings. The van der Waals surface area contributed by atoms with E-state index in [0.717, 1.165) is 31.8 Å². The second kappa shape index (κ2) is 8.34. The van der Waals surface area contributed by atoms with Crippen LogP contribution in [0.3, 0.4) is 0 Å². The fourth-order valence-electron chi connectivity index (χ4n) is 1.97. The van der Waals surface area contributed by atoms with Gasteiger partial charge in [-0.2, -0.15) is 0 Å². The van der Waals surface area contributed by atoms with Crippen LogP contribution in [0.1, 0.15) is 18.7 Å². The van der Waals surface area contributed by atoms with Gasteiger partial charge >= 0.3 is 0 Å². The summed E-state index contributed by atoms with van der Waals surface area (Å²) in [5, 5.41) is 6.12. The molecule has 1 fully saturated rings. The molecule has 104 valence electrons. The zero-order chi connectivity index (χ0) is 11.4. The van der Waals surface area contributed by atoms with E-state index < -0.39 is 0 Å².